The summed E-state index contributed by atoms with van der Waals surface area (Å²) < 4.78 is 0. The number of hydrogen-bond acceptors (Lipinski definition) is 3. The number of nitrogens with one attached hydrogen (secondary N) is 2. The van der Waals surface area contributed by atoms with Crippen molar-refractivity contribution >= 4 is 23.2 Å². The van der Waals surface area contributed by atoms with Crippen molar-refractivity contribution in [3.05, 3.63) is 59.7 Å². The molecule has 0 atom stereocenters. The molecular formula is C22H27N3O2. The van der Waals surface area contributed by atoms with Crippen molar-refractivity contribution in [2.45, 2.75) is 32.6 Å². The third-order valence-electron chi connectivity index (χ3n) is 4.93. The molecule has 0 bridgehead atoms. The van der Waals surface area contributed by atoms with Crippen molar-refractivity contribution in [3.63, 3.8) is 0 Å². The van der Waals surface area contributed by atoms with Gasteiger partial charge in [0.2, 0.25) is 0 Å². The van der Waals surface area contributed by atoms with Crippen LogP contribution in [-0.4, -0.2) is 31.4 Å². The number of amides is 2. The highest BCUT2D eigenvalue weighted by atomic mass is 16.2. The first-order valence-electron chi connectivity index (χ1n) is 9.67. The fraction of sp³-hybridized carbons (Fsp3) is 0.364. The van der Waals surface area contributed by atoms with Gasteiger partial charge in [-0.3, -0.25) is 9.59 Å². The smallest absolute Gasteiger partial charge is 0.313 e. The highest BCUT2D eigenvalue weighted by Gasteiger charge is 2.14. The van der Waals surface area contributed by atoms with Crippen molar-refractivity contribution in [2.24, 2.45) is 0 Å². The second-order valence-corrected chi connectivity index (χ2v) is 6.87. The molecule has 0 spiro atoms. The lowest BCUT2D eigenvalue weighted by atomic mass is 10.1. The summed E-state index contributed by atoms with van der Waals surface area (Å²) in [6.07, 6.45) is 4.16. The quantitative estimate of drug-likeness (QED) is 0.773. The first kappa shape index (κ1) is 19.0. The Hall–Kier alpha value is -2.82. The number of hydrogen-bond donors (Lipinski definition) is 2. The maximum Gasteiger partial charge on any atom is 0.313 e. The molecule has 0 aliphatic carbocycles. The Morgan fingerprint density at radius 1 is 0.889 bits per heavy atom. The van der Waals surface area contributed by atoms with Crippen molar-refractivity contribution in [1.29, 1.82) is 0 Å². The van der Waals surface area contributed by atoms with Crippen LogP contribution >= 0.6 is 0 Å². The number of nitrogens with zero attached hydrogens (tertiary/aromatic N) is 1. The molecule has 1 saturated heterocycles. The van der Waals surface area contributed by atoms with Crippen LogP contribution in [0, 0.1) is 0 Å². The van der Waals surface area contributed by atoms with E-state index in [0.29, 0.717) is 18.7 Å². The number of rotatable bonds is 6. The fourth-order valence-corrected chi connectivity index (χ4v) is 3.26. The summed E-state index contributed by atoms with van der Waals surface area (Å²) in [4.78, 5) is 26.3. The van der Waals surface area contributed by atoms with Crippen molar-refractivity contribution in [1.82, 2.24) is 5.32 Å². The van der Waals surface area contributed by atoms with Gasteiger partial charge in [0.15, 0.2) is 0 Å². The molecule has 1 aliphatic heterocycles. The summed E-state index contributed by atoms with van der Waals surface area (Å²) in [6, 6.07) is 16.0. The molecule has 1 aliphatic rings. The zero-order chi connectivity index (χ0) is 19.1. The summed E-state index contributed by atoms with van der Waals surface area (Å²) in [6.45, 7) is 4.77. The van der Waals surface area contributed by atoms with Crippen LogP contribution in [0.3, 0.4) is 0 Å². The van der Waals surface area contributed by atoms with E-state index >= 15 is 0 Å². The summed E-state index contributed by atoms with van der Waals surface area (Å²) >= 11 is 0. The average Bonchev–Trinajstić information content (AvgIpc) is 3.24. The van der Waals surface area contributed by atoms with E-state index in [-0.39, 0.29) is 0 Å². The summed E-state index contributed by atoms with van der Waals surface area (Å²) in [7, 11) is 0. The topological polar surface area (TPSA) is 61.4 Å². The van der Waals surface area contributed by atoms with Crippen LogP contribution in [0.1, 0.15) is 30.9 Å². The van der Waals surface area contributed by atoms with Gasteiger partial charge in [0.05, 0.1) is 0 Å². The Balaban J connectivity index is 1.42. The van der Waals surface area contributed by atoms with Crippen LogP contribution in [0.25, 0.3) is 0 Å². The molecule has 0 aromatic heterocycles. The second-order valence-electron chi connectivity index (χ2n) is 6.87. The van der Waals surface area contributed by atoms with Gasteiger partial charge in [0, 0.05) is 31.0 Å². The molecule has 5 nitrogen and oxygen atoms in total. The number of carbonyl (C=O) groups is 2. The first-order chi connectivity index (χ1) is 13.2. The van der Waals surface area contributed by atoms with Gasteiger partial charge in [-0.1, -0.05) is 31.2 Å². The average molecular weight is 365 g/mol. The van der Waals surface area contributed by atoms with E-state index in [2.05, 4.69) is 46.7 Å². The normalized spacial score (nSPS) is 13.4. The van der Waals surface area contributed by atoms with Crippen molar-refractivity contribution in [2.75, 3.05) is 29.9 Å². The number of aryl methyl sites for hydroxylation is 1. The van der Waals surface area contributed by atoms with Crippen molar-refractivity contribution in [3.8, 4) is 0 Å². The predicted molar refractivity (Wildman–Crippen MR) is 109 cm³/mol. The minimum absolute atomic E-state index is 0.435. The molecule has 2 aromatic carbocycles. The molecule has 27 heavy (non-hydrogen) atoms. The van der Waals surface area contributed by atoms with Crippen LogP contribution in [0.2, 0.25) is 0 Å². The van der Waals surface area contributed by atoms with Crippen LogP contribution in [0.15, 0.2) is 48.5 Å². The van der Waals surface area contributed by atoms with E-state index in [4.69, 9.17) is 0 Å². The maximum atomic E-state index is 12.0. The van der Waals surface area contributed by atoms with E-state index < -0.39 is 11.8 Å². The zero-order valence-electron chi connectivity index (χ0n) is 15.8. The molecule has 1 heterocycles. The van der Waals surface area contributed by atoms with Gasteiger partial charge in [-0.2, -0.15) is 0 Å². The Morgan fingerprint density at radius 2 is 1.52 bits per heavy atom. The molecule has 2 aromatic rings. The number of carbonyl (C=O) groups excluding carboxylic acids is 2. The van der Waals surface area contributed by atoms with Crippen molar-refractivity contribution < 1.29 is 9.59 Å². The van der Waals surface area contributed by atoms with Crippen LogP contribution in [-0.2, 0) is 22.4 Å². The Bertz CT molecular complexity index is 763. The number of anilines is 2. The molecule has 0 radical (unpaired) electrons. The van der Waals surface area contributed by atoms with Gasteiger partial charge >= 0.3 is 11.8 Å². The molecule has 0 unspecified atom stereocenters. The van der Waals surface area contributed by atoms with Gasteiger partial charge in [-0.25, -0.2) is 0 Å². The molecule has 2 N–H and O–H groups in total. The molecule has 5 heteroatoms. The van der Waals surface area contributed by atoms with E-state index in [1.54, 1.807) is 0 Å². The monoisotopic (exact) mass is 365 g/mol. The third-order valence-corrected chi connectivity index (χ3v) is 4.93. The van der Waals surface area contributed by atoms with Gasteiger partial charge in [-0.05, 0) is 61.1 Å². The van der Waals surface area contributed by atoms with Gasteiger partial charge in [0.25, 0.3) is 0 Å². The highest BCUT2D eigenvalue weighted by Crippen LogP contribution is 2.20. The Morgan fingerprint density at radius 3 is 2.15 bits per heavy atom. The SMILES string of the molecule is CCc1ccc(NC(=O)C(=O)NCCc2ccc(N3CCCC3)cc2)cc1. The third kappa shape index (κ3) is 5.33. The molecular weight excluding hydrogens is 338 g/mol. The minimum Gasteiger partial charge on any atom is -0.372 e. The van der Waals surface area contributed by atoms with E-state index in [1.807, 2.05) is 24.3 Å². The Kier molecular flexibility index (Phi) is 6.47. The fourth-order valence-electron chi connectivity index (χ4n) is 3.26. The maximum absolute atomic E-state index is 12.0. The summed E-state index contributed by atoms with van der Waals surface area (Å²) in [5.74, 6) is -1.24. The molecule has 0 saturated carbocycles. The molecule has 2 amide bonds. The molecule has 142 valence electrons. The summed E-state index contributed by atoms with van der Waals surface area (Å²) in [5.41, 5.74) is 4.22. The van der Waals surface area contributed by atoms with Crippen LogP contribution in [0.5, 0.6) is 0 Å². The lowest BCUT2D eigenvalue weighted by molar-refractivity contribution is -0.136. The van der Waals surface area contributed by atoms with Gasteiger partial charge < -0.3 is 15.5 Å². The van der Waals surface area contributed by atoms with Crippen LogP contribution < -0.4 is 15.5 Å². The van der Waals surface area contributed by atoms with E-state index in [9.17, 15) is 9.59 Å². The lowest BCUT2D eigenvalue weighted by Gasteiger charge is -2.17. The van der Waals surface area contributed by atoms with Gasteiger partial charge in [-0.15, -0.1) is 0 Å². The molecule has 3 rings (SSSR count). The van der Waals surface area contributed by atoms with Gasteiger partial charge in [0.1, 0.15) is 0 Å². The highest BCUT2D eigenvalue weighted by molar-refractivity contribution is 6.39. The second kappa shape index (κ2) is 9.21. The lowest BCUT2D eigenvalue weighted by Crippen LogP contribution is -2.36. The molecule has 1 fully saturated rings. The van der Waals surface area contributed by atoms with E-state index in [0.717, 1.165) is 25.1 Å². The van der Waals surface area contributed by atoms with Crippen LogP contribution in [0.4, 0.5) is 11.4 Å². The predicted octanol–water partition coefficient (Wildman–Crippen LogP) is 3.15. The zero-order valence-corrected chi connectivity index (χ0v) is 15.8. The standard InChI is InChI=1S/C22H27N3O2/c1-2-17-5-9-19(10-6-17)24-22(27)21(26)23-14-13-18-7-11-20(12-8-18)25-15-3-4-16-25/h5-12H,2-4,13-16H2,1H3,(H,23,26)(H,24,27). The Labute approximate surface area is 160 Å². The minimum atomic E-state index is -0.636. The van der Waals surface area contributed by atoms with E-state index in [1.165, 1.54) is 24.1 Å². The number of benzene rings is 2. The largest absolute Gasteiger partial charge is 0.372 e. The first-order valence-corrected chi connectivity index (χ1v) is 9.67. The summed E-state index contributed by atoms with van der Waals surface area (Å²) in [5, 5.41) is 5.31.